The molecule has 1 aliphatic rings. The fourth-order valence-electron chi connectivity index (χ4n) is 3.03. The topological polar surface area (TPSA) is 70.1 Å². The number of alkyl halides is 4. The van der Waals surface area contributed by atoms with E-state index in [-0.39, 0.29) is 18.4 Å². The third kappa shape index (κ3) is 4.99. The van der Waals surface area contributed by atoms with E-state index in [4.69, 9.17) is 5.73 Å². The van der Waals surface area contributed by atoms with Crippen molar-refractivity contribution in [3.8, 4) is 6.07 Å². The summed E-state index contributed by atoms with van der Waals surface area (Å²) in [5.74, 6) is -1.08. The first-order chi connectivity index (χ1) is 12.3. The molecule has 1 aromatic carbocycles. The van der Waals surface area contributed by atoms with E-state index in [1.54, 1.807) is 0 Å². The minimum absolute atomic E-state index is 0.115. The van der Waals surface area contributed by atoms with Gasteiger partial charge in [0.15, 0.2) is 6.04 Å². The maximum absolute atomic E-state index is 14.0. The van der Waals surface area contributed by atoms with Crippen molar-refractivity contribution in [1.29, 1.82) is 5.26 Å². The van der Waals surface area contributed by atoms with Crippen LogP contribution in [0.4, 0.5) is 17.6 Å². The van der Waals surface area contributed by atoms with Gasteiger partial charge in [0.05, 0.1) is 12.1 Å². The molecule has 27 heavy (non-hydrogen) atoms. The van der Waals surface area contributed by atoms with Crippen molar-refractivity contribution in [3.05, 3.63) is 34.3 Å². The Morgan fingerprint density at radius 3 is 2.19 bits per heavy atom. The Morgan fingerprint density at radius 2 is 1.81 bits per heavy atom. The number of rotatable bonds is 6. The molecule has 0 bridgehead atoms. The Kier molecular flexibility index (Phi) is 5.93. The van der Waals surface area contributed by atoms with Crippen molar-refractivity contribution in [1.82, 2.24) is 4.90 Å². The van der Waals surface area contributed by atoms with Crippen LogP contribution in [0, 0.1) is 11.3 Å². The molecule has 1 aliphatic carbocycles. The van der Waals surface area contributed by atoms with Crippen LogP contribution in [0.5, 0.6) is 0 Å². The Hall–Kier alpha value is -1.66. The summed E-state index contributed by atoms with van der Waals surface area (Å²) < 4.78 is 56.4. The smallest absolute Gasteiger partial charge is 0.320 e. The molecule has 4 nitrogen and oxygen atoms in total. The standard InChI is InChI=1S/C18H20BrF4N3O/c1-16(2,20)9-13(25)15(27)26(17(10-24)7-8-17)14(18(21,22)23)11-3-5-12(19)6-4-11/h3-6,13-14H,7-9,25H2,1-2H3/t13-,14?/m0/s1. The molecule has 0 heterocycles. The van der Waals surface area contributed by atoms with Gasteiger partial charge in [-0.25, -0.2) is 4.39 Å². The molecule has 2 atom stereocenters. The van der Waals surface area contributed by atoms with Gasteiger partial charge in [-0.1, -0.05) is 28.1 Å². The predicted molar refractivity (Wildman–Crippen MR) is 95.1 cm³/mol. The SMILES string of the molecule is CC(C)(F)C[C@H](N)C(=O)N(C(c1ccc(Br)cc1)C(F)(F)F)C1(C#N)CC1. The Morgan fingerprint density at radius 1 is 1.30 bits per heavy atom. The zero-order chi connectivity index (χ0) is 20.6. The number of nitriles is 1. The Bertz CT molecular complexity index is 733. The minimum Gasteiger partial charge on any atom is -0.320 e. The summed E-state index contributed by atoms with van der Waals surface area (Å²) >= 11 is 3.16. The van der Waals surface area contributed by atoms with Crippen molar-refractivity contribution in [3.63, 3.8) is 0 Å². The third-order valence-electron chi connectivity index (χ3n) is 4.41. The van der Waals surface area contributed by atoms with Crippen LogP contribution in [0.2, 0.25) is 0 Å². The lowest BCUT2D eigenvalue weighted by Gasteiger charge is -2.38. The zero-order valence-corrected chi connectivity index (χ0v) is 16.4. The molecule has 0 spiro atoms. The number of nitrogens with two attached hydrogens (primary N) is 1. The maximum atomic E-state index is 14.0. The van der Waals surface area contributed by atoms with Crippen LogP contribution < -0.4 is 5.73 Å². The van der Waals surface area contributed by atoms with Crippen molar-refractivity contribution in [2.75, 3.05) is 0 Å². The fraction of sp³-hybridized carbons (Fsp3) is 0.556. The molecular weight excluding hydrogens is 430 g/mol. The van der Waals surface area contributed by atoms with E-state index in [0.717, 1.165) is 0 Å². The molecule has 0 saturated heterocycles. The van der Waals surface area contributed by atoms with Gasteiger partial charge in [-0.3, -0.25) is 4.79 Å². The lowest BCUT2D eigenvalue weighted by molar-refractivity contribution is -0.198. The highest BCUT2D eigenvalue weighted by Gasteiger charge is 2.60. The average Bonchev–Trinajstić information content (AvgIpc) is 3.31. The van der Waals surface area contributed by atoms with E-state index in [9.17, 15) is 27.6 Å². The van der Waals surface area contributed by atoms with Crippen LogP contribution >= 0.6 is 15.9 Å². The summed E-state index contributed by atoms with van der Waals surface area (Å²) in [6, 6.07) is 3.32. The van der Waals surface area contributed by atoms with Crippen molar-refractivity contribution in [2.45, 2.75) is 62.6 Å². The number of carbonyl (C=O) groups is 1. The van der Waals surface area contributed by atoms with Gasteiger partial charge in [-0.2, -0.15) is 18.4 Å². The van der Waals surface area contributed by atoms with E-state index in [1.165, 1.54) is 38.1 Å². The third-order valence-corrected chi connectivity index (χ3v) is 4.94. The van der Waals surface area contributed by atoms with Crippen LogP contribution in [0.15, 0.2) is 28.7 Å². The quantitative estimate of drug-likeness (QED) is 0.654. The Balaban J connectivity index is 2.52. The predicted octanol–water partition coefficient (Wildman–Crippen LogP) is 4.40. The first kappa shape index (κ1) is 21.6. The zero-order valence-electron chi connectivity index (χ0n) is 14.9. The normalized spacial score (nSPS) is 18.3. The number of hydrogen-bond donors (Lipinski definition) is 1. The molecule has 1 saturated carbocycles. The lowest BCUT2D eigenvalue weighted by Crippen LogP contribution is -2.55. The van der Waals surface area contributed by atoms with Crippen LogP contribution in [-0.2, 0) is 4.79 Å². The first-order valence-electron chi connectivity index (χ1n) is 8.32. The molecule has 1 amide bonds. The molecule has 2 N–H and O–H groups in total. The van der Waals surface area contributed by atoms with Crippen molar-refractivity contribution < 1.29 is 22.4 Å². The summed E-state index contributed by atoms with van der Waals surface area (Å²) in [6.45, 7) is 2.38. The number of benzene rings is 1. The first-order valence-corrected chi connectivity index (χ1v) is 9.11. The molecule has 0 aromatic heterocycles. The summed E-state index contributed by atoms with van der Waals surface area (Å²) in [5, 5.41) is 9.46. The lowest BCUT2D eigenvalue weighted by atomic mass is 9.96. The second kappa shape index (κ2) is 7.40. The monoisotopic (exact) mass is 449 g/mol. The second-order valence-corrected chi connectivity index (χ2v) is 8.29. The number of halogens is 5. The van der Waals surface area contributed by atoms with Gasteiger partial charge in [0, 0.05) is 10.9 Å². The van der Waals surface area contributed by atoms with Gasteiger partial charge in [0.25, 0.3) is 0 Å². The highest BCUT2D eigenvalue weighted by atomic mass is 79.9. The van der Waals surface area contributed by atoms with Crippen LogP contribution in [0.1, 0.15) is 44.7 Å². The van der Waals surface area contributed by atoms with Gasteiger partial charge in [0.1, 0.15) is 11.2 Å². The van der Waals surface area contributed by atoms with E-state index in [1.807, 2.05) is 6.07 Å². The van der Waals surface area contributed by atoms with Crippen LogP contribution in [0.25, 0.3) is 0 Å². The summed E-state index contributed by atoms with van der Waals surface area (Å²) in [6.07, 6.45) is -5.05. The molecule has 1 unspecified atom stereocenters. The number of amides is 1. The number of nitrogens with zero attached hydrogens (tertiary/aromatic N) is 2. The largest absolute Gasteiger partial charge is 0.413 e. The van der Waals surface area contributed by atoms with E-state index < -0.39 is 41.8 Å². The molecular formula is C18H20BrF4N3O. The van der Waals surface area contributed by atoms with Crippen LogP contribution in [-0.4, -0.2) is 34.2 Å². The minimum atomic E-state index is -4.83. The molecule has 1 fully saturated rings. The van der Waals surface area contributed by atoms with Gasteiger partial charge in [-0.15, -0.1) is 0 Å². The molecule has 0 aliphatic heterocycles. The maximum Gasteiger partial charge on any atom is 0.413 e. The molecule has 2 rings (SSSR count). The van der Waals surface area contributed by atoms with E-state index in [2.05, 4.69) is 15.9 Å². The fourth-order valence-corrected chi connectivity index (χ4v) is 3.29. The summed E-state index contributed by atoms with van der Waals surface area (Å²) in [5.41, 5.74) is 2.14. The molecule has 9 heteroatoms. The number of carbonyl (C=O) groups excluding carboxylic acids is 1. The highest BCUT2D eigenvalue weighted by molar-refractivity contribution is 9.10. The number of hydrogen-bond acceptors (Lipinski definition) is 3. The van der Waals surface area contributed by atoms with Crippen molar-refractivity contribution >= 4 is 21.8 Å². The van der Waals surface area contributed by atoms with Gasteiger partial charge in [0.2, 0.25) is 5.91 Å². The highest BCUT2D eigenvalue weighted by Crippen LogP contribution is 2.50. The Labute approximate surface area is 163 Å². The van der Waals surface area contributed by atoms with Gasteiger partial charge in [-0.05, 0) is 44.4 Å². The van der Waals surface area contributed by atoms with Crippen molar-refractivity contribution in [2.24, 2.45) is 5.73 Å². The average molecular weight is 450 g/mol. The molecule has 1 aromatic rings. The summed E-state index contributed by atoms with van der Waals surface area (Å²) in [7, 11) is 0. The van der Waals surface area contributed by atoms with Gasteiger partial charge >= 0.3 is 6.18 Å². The van der Waals surface area contributed by atoms with Crippen LogP contribution in [0.3, 0.4) is 0 Å². The van der Waals surface area contributed by atoms with E-state index >= 15 is 0 Å². The summed E-state index contributed by atoms with van der Waals surface area (Å²) in [4.78, 5) is 13.4. The van der Waals surface area contributed by atoms with E-state index in [0.29, 0.717) is 9.37 Å². The molecule has 148 valence electrons. The van der Waals surface area contributed by atoms with Gasteiger partial charge < -0.3 is 10.6 Å². The molecule has 0 radical (unpaired) electrons. The second-order valence-electron chi connectivity index (χ2n) is 7.38.